The van der Waals surface area contributed by atoms with Gasteiger partial charge in [-0.15, -0.1) is 0 Å². The molecule has 0 bridgehead atoms. The van der Waals surface area contributed by atoms with E-state index >= 15 is 0 Å². The molecule has 1 aromatic carbocycles. The third-order valence-corrected chi connectivity index (χ3v) is 4.83. The molecule has 1 saturated heterocycles. The lowest BCUT2D eigenvalue weighted by molar-refractivity contribution is 0.117. The van der Waals surface area contributed by atoms with Crippen molar-refractivity contribution < 1.29 is 17.6 Å². The normalized spacial score (nSPS) is 22.2. The Balaban J connectivity index is 2.05. The number of benzene rings is 1. The summed E-state index contributed by atoms with van der Waals surface area (Å²) in [5.41, 5.74) is -0.425. The van der Waals surface area contributed by atoms with Crippen molar-refractivity contribution in [1.82, 2.24) is 10.2 Å². The van der Waals surface area contributed by atoms with Crippen molar-refractivity contribution >= 4 is 0 Å². The molecule has 1 aliphatic heterocycles. The van der Waals surface area contributed by atoms with E-state index in [0.29, 0.717) is 26.2 Å². The standard InChI is InChI=1S/C16H20F4N2/c17-11-9-12(18)15(20)13(14(11)19)16(10-3-1-2-4-10)22-7-5-21-6-8-22/h9-10,16,21H,1-8H2/t16-/m1/s1. The van der Waals surface area contributed by atoms with Gasteiger partial charge in [-0.05, 0) is 18.8 Å². The van der Waals surface area contributed by atoms with Crippen molar-refractivity contribution in [3.8, 4) is 0 Å². The van der Waals surface area contributed by atoms with Crippen LogP contribution in [-0.2, 0) is 0 Å². The fourth-order valence-corrected chi connectivity index (χ4v) is 3.80. The van der Waals surface area contributed by atoms with Crippen molar-refractivity contribution in [1.29, 1.82) is 0 Å². The molecule has 1 saturated carbocycles. The number of hydrogen-bond acceptors (Lipinski definition) is 2. The molecule has 0 amide bonds. The largest absolute Gasteiger partial charge is 0.314 e. The predicted molar refractivity (Wildman–Crippen MR) is 75.4 cm³/mol. The quantitative estimate of drug-likeness (QED) is 0.679. The molecule has 1 N–H and O–H groups in total. The molecular formula is C16H20F4N2. The monoisotopic (exact) mass is 316 g/mol. The highest BCUT2D eigenvalue weighted by Gasteiger charge is 2.37. The zero-order chi connectivity index (χ0) is 15.7. The maximum absolute atomic E-state index is 14.3. The summed E-state index contributed by atoms with van der Waals surface area (Å²) in [6, 6.07) is -0.299. The number of hydrogen-bond donors (Lipinski definition) is 1. The van der Waals surface area contributed by atoms with Crippen LogP contribution in [-0.4, -0.2) is 31.1 Å². The molecule has 122 valence electrons. The van der Waals surface area contributed by atoms with Gasteiger partial charge in [-0.25, -0.2) is 17.6 Å². The molecule has 0 radical (unpaired) electrons. The molecular weight excluding hydrogens is 296 g/mol. The predicted octanol–water partition coefficient (Wildman–Crippen LogP) is 3.38. The van der Waals surface area contributed by atoms with Gasteiger partial charge in [-0.3, -0.25) is 4.90 Å². The summed E-state index contributed by atoms with van der Waals surface area (Å²) >= 11 is 0. The Labute approximate surface area is 127 Å². The van der Waals surface area contributed by atoms with Gasteiger partial charge in [-0.1, -0.05) is 12.8 Å². The lowest BCUT2D eigenvalue weighted by atomic mass is 9.88. The fraction of sp³-hybridized carbons (Fsp3) is 0.625. The van der Waals surface area contributed by atoms with Gasteiger partial charge in [0.05, 0.1) is 0 Å². The second-order valence-corrected chi connectivity index (χ2v) is 6.16. The van der Waals surface area contributed by atoms with Crippen molar-refractivity contribution in [2.75, 3.05) is 26.2 Å². The molecule has 1 atom stereocenters. The molecule has 1 heterocycles. The summed E-state index contributed by atoms with van der Waals surface area (Å²) < 4.78 is 55.8. The van der Waals surface area contributed by atoms with Crippen LogP contribution in [0.4, 0.5) is 17.6 Å². The highest BCUT2D eigenvalue weighted by molar-refractivity contribution is 5.27. The van der Waals surface area contributed by atoms with Crippen LogP contribution < -0.4 is 5.32 Å². The van der Waals surface area contributed by atoms with Gasteiger partial charge in [0.15, 0.2) is 23.3 Å². The highest BCUT2D eigenvalue weighted by Crippen LogP contribution is 2.42. The van der Waals surface area contributed by atoms with Gasteiger partial charge in [-0.2, -0.15) is 0 Å². The van der Waals surface area contributed by atoms with Gasteiger partial charge in [0.2, 0.25) is 0 Å². The first-order chi connectivity index (χ1) is 10.6. The Kier molecular flexibility index (Phi) is 4.68. The smallest absolute Gasteiger partial charge is 0.166 e. The first kappa shape index (κ1) is 15.7. The van der Waals surface area contributed by atoms with E-state index in [0.717, 1.165) is 25.7 Å². The summed E-state index contributed by atoms with van der Waals surface area (Å²) in [5, 5.41) is 3.19. The van der Waals surface area contributed by atoms with Gasteiger partial charge in [0.1, 0.15) is 0 Å². The van der Waals surface area contributed by atoms with Gasteiger partial charge in [0, 0.05) is 43.9 Å². The summed E-state index contributed by atoms with van der Waals surface area (Å²) in [5.74, 6) is -5.06. The Morgan fingerprint density at radius 3 is 2.05 bits per heavy atom. The highest BCUT2D eigenvalue weighted by atomic mass is 19.2. The third kappa shape index (κ3) is 2.86. The number of piperazine rings is 1. The first-order valence-electron chi connectivity index (χ1n) is 7.87. The molecule has 2 fully saturated rings. The Bertz CT molecular complexity index is 511. The van der Waals surface area contributed by atoms with Crippen molar-refractivity contribution in [3.63, 3.8) is 0 Å². The van der Waals surface area contributed by atoms with Crippen LogP contribution in [0.2, 0.25) is 0 Å². The maximum Gasteiger partial charge on any atom is 0.166 e. The number of rotatable bonds is 3. The van der Waals surface area contributed by atoms with Crippen LogP contribution in [0.1, 0.15) is 37.3 Å². The van der Waals surface area contributed by atoms with E-state index in [1.54, 1.807) is 0 Å². The third-order valence-electron chi connectivity index (χ3n) is 4.83. The second-order valence-electron chi connectivity index (χ2n) is 6.16. The molecule has 0 aromatic heterocycles. The number of nitrogens with zero attached hydrogens (tertiary/aromatic N) is 1. The average molecular weight is 316 g/mol. The zero-order valence-corrected chi connectivity index (χ0v) is 12.3. The van der Waals surface area contributed by atoms with Crippen LogP contribution >= 0.6 is 0 Å². The van der Waals surface area contributed by atoms with Crippen molar-refractivity contribution in [2.45, 2.75) is 31.7 Å². The van der Waals surface area contributed by atoms with Crippen LogP contribution in [0.25, 0.3) is 0 Å². The van der Waals surface area contributed by atoms with Crippen LogP contribution in [0.15, 0.2) is 6.07 Å². The number of halogens is 4. The molecule has 1 aromatic rings. The lowest BCUT2D eigenvalue weighted by Gasteiger charge is -2.38. The van der Waals surface area contributed by atoms with Gasteiger partial charge in [0.25, 0.3) is 0 Å². The van der Waals surface area contributed by atoms with Crippen molar-refractivity contribution in [2.24, 2.45) is 5.92 Å². The van der Waals surface area contributed by atoms with Gasteiger partial charge < -0.3 is 5.32 Å². The fourth-order valence-electron chi connectivity index (χ4n) is 3.80. The van der Waals surface area contributed by atoms with Gasteiger partial charge >= 0.3 is 0 Å². The van der Waals surface area contributed by atoms with Crippen molar-refractivity contribution in [3.05, 3.63) is 34.9 Å². The minimum atomic E-state index is -1.31. The van der Waals surface area contributed by atoms with Crippen LogP contribution in [0.5, 0.6) is 0 Å². The van der Waals surface area contributed by atoms with E-state index in [4.69, 9.17) is 0 Å². The topological polar surface area (TPSA) is 15.3 Å². The SMILES string of the molecule is Fc1cc(F)c(F)c([C@@H](C2CCCC2)N2CCNCC2)c1F. The van der Waals surface area contributed by atoms with E-state index in [2.05, 4.69) is 5.32 Å². The Hall–Kier alpha value is -1.14. The number of nitrogens with one attached hydrogen (secondary N) is 1. The maximum atomic E-state index is 14.3. The van der Waals surface area contributed by atoms with E-state index in [-0.39, 0.29) is 12.0 Å². The van der Waals surface area contributed by atoms with E-state index < -0.39 is 34.9 Å². The second kappa shape index (κ2) is 6.54. The molecule has 0 spiro atoms. The van der Waals surface area contributed by atoms with Crippen LogP contribution in [0.3, 0.4) is 0 Å². The first-order valence-corrected chi connectivity index (χ1v) is 7.87. The molecule has 2 nitrogen and oxygen atoms in total. The summed E-state index contributed by atoms with van der Waals surface area (Å²) in [6.45, 7) is 2.67. The lowest BCUT2D eigenvalue weighted by Crippen LogP contribution is -2.47. The van der Waals surface area contributed by atoms with E-state index in [1.807, 2.05) is 4.90 Å². The minimum Gasteiger partial charge on any atom is -0.314 e. The Morgan fingerprint density at radius 1 is 0.955 bits per heavy atom. The average Bonchev–Trinajstić information content (AvgIpc) is 3.04. The molecule has 1 aliphatic carbocycles. The summed E-state index contributed by atoms with van der Waals surface area (Å²) in [7, 11) is 0. The van der Waals surface area contributed by atoms with Crippen LogP contribution in [0, 0.1) is 29.2 Å². The zero-order valence-electron chi connectivity index (χ0n) is 12.3. The van der Waals surface area contributed by atoms with E-state index in [9.17, 15) is 17.6 Å². The Morgan fingerprint density at radius 2 is 1.50 bits per heavy atom. The summed E-state index contributed by atoms with van der Waals surface area (Å²) in [6.07, 6.45) is 3.67. The molecule has 22 heavy (non-hydrogen) atoms. The molecule has 6 heteroatoms. The van der Waals surface area contributed by atoms with E-state index in [1.165, 1.54) is 0 Å². The molecule has 3 rings (SSSR count). The molecule has 2 aliphatic rings. The summed E-state index contributed by atoms with van der Waals surface area (Å²) in [4.78, 5) is 1.97. The molecule has 0 unspecified atom stereocenters. The minimum absolute atomic E-state index is 0.0447.